The van der Waals surface area contributed by atoms with Gasteiger partial charge in [-0.05, 0) is 29.7 Å². The largest absolute Gasteiger partial charge is 0.481 e. The molecule has 0 saturated carbocycles. The maximum absolute atomic E-state index is 13.6. The van der Waals surface area contributed by atoms with Gasteiger partial charge in [0.2, 0.25) is 0 Å². The van der Waals surface area contributed by atoms with E-state index in [2.05, 4.69) is 4.98 Å². The number of nitrogens with one attached hydrogen (secondary N) is 1. The molecule has 1 amide bonds. The molecule has 58 heavy (non-hydrogen) atoms. The van der Waals surface area contributed by atoms with E-state index in [1.54, 1.807) is 7.11 Å². The molecule has 0 spiro atoms. The van der Waals surface area contributed by atoms with Crippen LogP contribution in [0.25, 0.3) is 22.0 Å². The minimum absolute atomic E-state index is 0.0133. The van der Waals surface area contributed by atoms with Crippen LogP contribution >= 0.6 is 0 Å². The Balaban J connectivity index is 1.08. The average molecular weight is 829 g/mol. The topological polar surface area (TPSA) is 183 Å². The van der Waals surface area contributed by atoms with Crippen molar-refractivity contribution >= 4 is 28.5 Å². The van der Waals surface area contributed by atoms with E-state index in [9.17, 15) is 32.7 Å². The number of carbonyl (C=O) groups excluding carboxylic acids is 1. The molecule has 2 aromatic carbocycles. The summed E-state index contributed by atoms with van der Waals surface area (Å²) in [6, 6.07) is 10.8. The third-order valence-corrected chi connectivity index (χ3v) is 8.51. The molecule has 322 valence electrons. The Morgan fingerprint density at radius 3 is 1.81 bits per heavy atom. The third-order valence-electron chi connectivity index (χ3n) is 8.51. The number of hydrogen-bond donors (Lipinski definition) is 2. The molecule has 1 aromatic heterocycles. The number of amides is 1. The van der Waals surface area contributed by atoms with E-state index in [0.717, 1.165) is 6.07 Å². The molecule has 16 nitrogen and oxygen atoms in total. The number of carboxylic acid groups (broad SMARTS) is 1. The van der Waals surface area contributed by atoms with Crippen LogP contribution < -0.4 is 10.5 Å². The monoisotopic (exact) mass is 828 g/mol. The fourth-order valence-electron chi connectivity index (χ4n) is 5.71. The zero-order valence-electron chi connectivity index (χ0n) is 32.3. The molecule has 0 bridgehead atoms. The van der Waals surface area contributed by atoms with Crippen molar-refractivity contribution in [3.05, 3.63) is 64.4 Å². The molecule has 1 aliphatic heterocycles. The van der Waals surface area contributed by atoms with Crippen LogP contribution in [0.3, 0.4) is 0 Å². The maximum Gasteiger partial charge on any atom is 0.417 e. The average Bonchev–Trinajstić information content (AvgIpc) is 3.59. The van der Waals surface area contributed by atoms with Crippen LogP contribution in [-0.4, -0.2) is 154 Å². The molecule has 0 aliphatic carbocycles. The molecular weight excluding hydrogens is 777 g/mol. The Labute approximate surface area is 333 Å². The number of benzene rings is 2. The van der Waals surface area contributed by atoms with Crippen LogP contribution in [0.4, 0.5) is 23.7 Å². The van der Waals surface area contributed by atoms with Gasteiger partial charge in [0, 0.05) is 29.4 Å². The van der Waals surface area contributed by atoms with Crippen LogP contribution in [0, 0.1) is 0 Å². The second-order valence-electron chi connectivity index (χ2n) is 12.6. The summed E-state index contributed by atoms with van der Waals surface area (Å²) in [5.41, 5.74) is -1.46. The standard InChI is InChI=1S/C39H51F3N2O14/c1-49-8-9-50-10-11-51-12-13-52-14-15-53-16-17-54-18-19-55-20-21-56-22-23-57-34(26-36(45)46)35-27-44(38(48)58-35)29-7-6-28-24-33(43-37(47)31(28)25-29)30-4-2-3-5-32(30)39(40,41)42/h2-7,24-25,34-35H,8-23,26-27H2,1H3,(H,43,47)(H,45,46)/t34?,35-/m0/s1. The highest BCUT2D eigenvalue weighted by atomic mass is 19.4. The number of carbonyl (C=O) groups is 2. The summed E-state index contributed by atoms with van der Waals surface area (Å²) in [7, 11) is 1.62. The first-order chi connectivity index (χ1) is 28.1. The highest BCUT2D eigenvalue weighted by Gasteiger charge is 2.39. The highest BCUT2D eigenvalue weighted by molar-refractivity contribution is 5.95. The lowest BCUT2D eigenvalue weighted by Crippen LogP contribution is -2.36. The van der Waals surface area contributed by atoms with E-state index >= 15 is 0 Å². The normalized spacial score (nSPS) is 15.0. The Bertz CT molecular complexity index is 1740. The lowest BCUT2D eigenvalue weighted by atomic mass is 10.0. The van der Waals surface area contributed by atoms with E-state index in [-0.39, 0.29) is 48.7 Å². The SMILES string of the molecule is COCCOCCOCCOCCOCCOCCOCCOCCOC(CC(=O)O)[C@@H]1CN(c2ccc3cc(-c4ccccc4C(F)(F)F)[nH]c(=O)c3c2)C(=O)O1. The number of H-pyrrole nitrogens is 1. The summed E-state index contributed by atoms with van der Waals surface area (Å²) in [6.07, 6.45) is -7.81. The number of hydrogen-bond acceptors (Lipinski definition) is 13. The Morgan fingerprint density at radius 2 is 1.29 bits per heavy atom. The van der Waals surface area contributed by atoms with Gasteiger partial charge in [-0.3, -0.25) is 14.5 Å². The van der Waals surface area contributed by atoms with E-state index < -0.39 is 48.0 Å². The van der Waals surface area contributed by atoms with Gasteiger partial charge in [-0.25, -0.2) is 4.79 Å². The molecule has 1 unspecified atom stereocenters. The molecule has 2 N–H and O–H groups in total. The number of anilines is 1. The van der Waals surface area contributed by atoms with Gasteiger partial charge in [-0.15, -0.1) is 0 Å². The first-order valence-electron chi connectivity index (χ1n) is 18.8. The number of pyridine rings is 1. The van der Waals surface area contributed by atoms with Gasteiger partial charge in [0.15, 0.2) is 0 Å². The first-order valence-corrected chi connectivity index (χ1v) is 18.8. The molecule has 1 saturated heterocycles. The van der Waals surface area contributed by atoms with Crippen molar-refractivity contribution in [1.29, 1.82) is 0 Å². The Kier molecular flexibility index (Phi) is 20.3. The van der Waals surface area contributed by atoms with Gasteiger partial charge in [0.1, 0.15) is 12.2 Å². The number of cyclic esters (lactones) is 1. The second-order valence-corrected chi connectivity index (χ2v) is 12.6. The van der Waals surface area contributed by atoms with Crippen molar-refractivity contribution in [3.63, 3.8) is 0 Å². The summed E-state index contributed by atoms with van der Waals surface area (Å²) in [4.78, 5) is 41.3. The van der Waals surface area contributed by atoms with Crippen molar-refractivity contribution in [1.82, 2.24) is 4.98 Å². The van der Waals surface area contributed by atoms with Crippen LogP contribution in [0.15, 0.2) is 53.3 Å². The molecule has 19 heteroatoms. The van der Waals surface area contributed by atoms with Gasteiger partial charge in [-0.2, -0.15) is 13.2 Å². The fraction of sp³-hybridized carbons (Fsp3) is 0.564. The van der Waals surface area contributed by atoms with Gasteiger partial charge in [0.25, 0.3) is 5.56 Å². The summed E-state index contributed by atoms with van der Waals surface area (Å²) < 4.78 is 95.0. The molecule has 0 radical (unpaired) electrons. The number of aliphatic carboxylic acids is 1. The van der Waals surface area contributed by atoms with E-state index in [4.69, 9.17) is 47.4 Å². The van der Waals surface area contributed by atoms with E-state index in [1.807, 2.05) is 0 Å². The predicted molar refractivity (Wildman–Crippen MR) is 202 cm³/mol. The summed E-state index contributed by atoms with van der Waals surface area (Å²) in [5, 5.41) is 9.96. The van der Waals surface area contributed by atoms with Crippen molar-refractivity contribution in [2.75, 3.05) is 124 Å². The number of halogens is 3. The van der Waals surface area contributed by atoms with Crippen molar-refractivity contribution in [2.45, 2.75) is 24.8 Å². The zero-order valence-corrected chi connectivity index (χ0v) is 32.3. The Morgan fingerprint density at radius 1 is 0.776 bits per heavy atom. The first kappa shape index (κ1) is 46.5. The zero-order chi connectivity index (χ0) is 41.6. The third kappa shape index (κ3) is 15.9. The maximum atomic E-state index is 13.6. The minimum Gasteiger partial charge on any atom is -0.481 e. The number of alkyl halides is 3. The number of rotatable bonds is 30. The lowest BCUT2D eigenvalue weighted by Gasteiger charge is -2.21. The number of carboxylic acids is 1. The number of aromatic amines is 1. The second kappa shape index (κ2) is 25.3. The van der Waals surface area contributed by atoms with E-state index in [1.165, 1.54) is 47.4 Å². The lowest BCUT2D eigenvalue weighted by molar-refractivity contribution is -0.143. The predicted octanol–water partition coefficient (Wildman–Crippen LogP) is 4.16. The van der Waals surface area contributed by atoms with E-state index in [0.29, 0.717) is 91.3 Å². The molecule has 2 heterocycles. The van der Waals surface area contributed by atoms with Crippen LogP contribution in [0.5, 0.6) is 0 Å². The van der Waals surface area contributed by atoms with Gasteiger partial charge < -0.3 is 57.5 Å². The number of fused-ring (bicyclic) bond motifs is 1. The van der Waals surface area contributed by atoms with Crippen LogP contribution in [0.1, 0.15) is 12.0 Å². The van der Waals surface area contributed by atoms with Crippen LogP contribution in [0.2, 0.25) is 0 Å². The number of methoxy groups -OCH3 is 1. The summed E-state index contributed by atoms with van der Waals surface area (Å²) in [5.74, 6) is -1.16. The molecule has 1 aliphatic rings. The molecule has 4 rings (SSSR count). The molecule has 2 atom stereocenters. The van der Waals surface area contributed by atoms with Crippen molar-refractivity contribution in [2.24, 2.45) is 0 Å². The quantitative estimate of drug-likeness (QED) is 0.0914. The fourth-order valence-corrected chi connectivity index (χ4v) is 5.71. The summed E-state index contributed by atoms with van der Waals surface area (Å²) in [6.45, 7) is 6.15. The smallest absolute Gasteiger partial charge is 0.417 e. The highest BCUT2D eigenvalue weighted by Crippen LogP contribution is 2.37. The minimum atomic E-state index is -4.63. The summed E-state index contributed by atoms with van der Waals surface area (Å²) >= 11 is 0. The molecule has 1 fully saturated rings. The van der Waals surface area contributed by atoms with Crippen molar-refractivity contribution in [3.8, 4) is 11.3 Å². The van der Waals surface area contributed by atoms with Gasteiger partial charge in [0.05, 0.1) is 124 Å². The Hall–Kier alpha value is -4.18. The van der Waals surface area contributed by atoms with Gasteiger partial charge in [-0.1, -0.05) is 24.3 Å². The number of nitrogens with zero attached hydrogens (tertiary/aromatic N) is 1. The number of aromatic nitrogens is 1. The van der Waals surface area contributed by atoms with Gasteiger partial charge >= 0.3 is 18.2 Å². The molecular formula is C39H51F3N2O14. The van der Waals surface area contributed by atoms with Crippen LogP contribution in [-0.2, 0) is 58.3 Å². The van der Waals surface area contributed by atoms with Crippen molar-refractivity contribution < 1.29 is 75.2 Å². The molecule has 3 aromatic rings. The number of ether oxygens (including phenoxy) is 10.